The number of benzene rings is 2. The topological polar surface area (TPSA) is 70.4 Å². The van der Waals surface area contributed by atoms with Gasteiger partial charge in [-0.2, -0.15) is 5.10 Å². The number of carbonyl (C=O) groups excluding carboxylic acids is 1. The molecule has 2 amide bonds. The summed E-state index contributed by atoms with van der Waals surface area (Å²) in [6.45, 7) is 5.93. The van der Waals surface area contributed by atoms with Crippen LogP contribution in [0, 0.1) is 13.8 Å². The highest BCUT2D eigenvalue weighted by Crippen LogP contribution is 2.15. The van der Waals surface area contributed by atoms with E-state index in [1.807, 2.05) is 67.1 Å². The molecule has 30 heavy (non-hydrogen) atoms. The van der Waals surface area contributed by atoms with Gasteiger partial charge in [0, 0.05) is 30.9 Å². The fourth-order valence-corrected chi connectivity index (χ4v) is 3.52. The van der Waals surface area contributed by atoms with Crippen molar-refractivity contribution < 1.29 is 9.90 Å². The maximum Gasteiger partial charge on any atom is 0.317 e. The number of amides is 2. The minimum atomic E-state index is -0.172. The highest BCUT2D eigenvalue weighted by Gasteiger charge is 2.16. The minimum Gasteiger partial charge on any atom is -0.395 e. The van der Waals surface area contributed by atoms with Gasteiger partial charge in [0.05, 0.1) is 18.8 Å². The summed E-state index contributed by atoms with van der Waals surface area (Å²) in [5.74, 6) is 0. The normalized spacial score (nSPS) is 10.8. The van der Waals surface area contributed by atoms with Crippen LogP contribution < -0.4 is 5.32 Å². The minimum absolute atomic E-state index is 0.0602. The predicted molar refractivity (Wildman–Crippen MR) is 118 cm³/mol. The second kappa shape index (κ2) is 10.6. The number of hydrogen-bond acceptors (Lipinski definition) is 3. The lowest BCUT2D eigenvalue weighted by atomic mass is 10.1. The molecular weight excluding hydrogens is 376 g/mol. The van der Waals surface area contributed by atoms with E-state index in [9.17, 15) is 9.90 Å². The van der Waals surface area contributed by atoms with Crippen LogP contribution >= 0.6 is 0 Å². The summed E-state index contributed by atoms with van der Waals surface area (Å²) in [5.41, 5.74) is 5.36. The average molecular weight is 407 g/mol. The van der Waals surface area contributed by atoms with Crippen molar-refractivity contribution in [3.05, 3.63) is 88.7 Å². The molecule has 0 saturated heterocycles. The van der Waals surface area contributed by atoms with E-state index < -0.39 is 0 Å². The first-order valence-corrected chi connectivity index (χ1v) is 10.3. The maximum absolute atomic E-state index is 12.7. The van der Waals surface area contributed by atoms with Gasteiger partial charge in [-0.25, -0.2) is 4.79 Å². The zero-order chi connectivity index (χ0) is 21.3. The summed E-state index contributed by atoms with van der Waals surface area (Å²) >= 11 is 0. The van der Waals surface area contributed by atoms with E-state index >= 15 is 0 Å². The Morgan fingerprint density at radius 2 is 1.63 bits per heavy atom. The maximum atomic E-state index is 12.7. The highest BCUT2D eigenvalue weighted by atomic mass is 16.3. The third kappa shape index (κ3) is 5.70. The Morgan fingerprint density at radius 3 is 2.27 bits per heavy atom. The van der Waals surface area contributed by atoms with Gasteiger partial charge in [-0.1, -0.05) is 60.7 Å². The van der Waals surface area contributed by atoms with Crippen LogP contribution in [0.5, 0.6) is 0 Å². The van der Waals surface area contributed by atoms with Crippen LogP contribution in [-0.4, -0.2) is 45.5 Å². The van der Waals surface area contributed by atoms with E-state index in [1.165, 1.54) is 11.1 Å². The molecule has 1 heterocycles. The molecule has 0 aliphatic rings. The lowest BCUT2D eigenvalue weighted by Crippen LogP contribution is -2.42. The zero-order valence-corrected chi connectivity index (χ0v) is 17.7. The van der Waals surface area contributed by atoms with Crippen LogP contribution in [0.1, 0.15) is 28.1 Å². The van der Waals surface area contributed by atoms with Gasteiger partial charge in [0.2, 0.25) is 0 Å². The van der Waals surface area contributed by atoms with Crippen molar-refractivity contribution in [2.24, 2.45) is 0 Å². The van der Waals surface area contributed by atoms with E-state index in [4.69, 9.17) is 0 Å². The molecule has 3 aromatic rings. The fourth-order valence-electron chi connectivity index (χ4n) is 3.52. The number of nitrogens with zero attached hydrogens (tertiary/aromatic N) is 3. The number of hydrogen-bond donors (Lipinski definition) is 2. The number of carbonyl (C=O) groups is 1. The largest absolute Gasteiger partial charge is 0.395 e. The Balaban J connectivity index is 1.60. The molecule has 0 fully saturated rings. The third-order valence-corrected chi connectivity index (χ3v) is 5.29. The van der Waals surface area contributed by atoms with Gasteiger partial charge >= 0.3 is 6.03 Å². The first-order valence-electron chi connectivity index (χ1n) is 10.3. The molecule has 6 heteroatoms. The first kappa shape index (κ1) is 21.6. The molecule has 1 aromatic heterocycles. The van der Waals surface area contributed by atoms with Crippen LogP contribution in [0.4, 0.5) is 4.79 Å². The Kier molecular flexibility index (Phi) is 7.63. The number of aromatic nitrogens is 2. The molecule has 0 saturated carbocycles. The van der Waals surface area contributed by atoms with Gasteiger partial charge in [0.1, 0.15) is 0 Å². The first-order chi connectivity index (χ1) is 14.6. The molecule has 158 valence electrons. The van der Waals surface area contributed by atoms with E-state index in [0.717, 1.165) is 23.4 Å². The van der Waals surface area contributed by atoms with E-state index in [0.29, 0.717) is 26.2 Å². The van der Waals surface area contributed by atoms with Gasteiger partial charge in [-0.05, 0) is 31.4 Å². The van der Waals surface area contributed by atoms with E-state index in [1.54, 1.807) is 4.90 Å². The SMILES string of the molecule is Cc1nn(Cc2ccccc2)c(C)c1CNC(=O)N(CCO)CCc1ccccc1. The zero-order valence-electron chi connectivity index (χ0n) is 17.7. The van der Waals surface area contributed by atoms with Crippen LogP contribution in [0.2, 0.25) is 0 Å². The van der Waals surface area contributed by atoms with Gasteiger partial charge in [-0.3, -0.25) is 4.68 Å². The van der Waals surface area contributed by atoms with Crippen molar-refractivity contribution in [3.8, 4) is 0 Å². The molecule has 0 spiro atoms. The van der Waals surface area contributed by atoms with Crippen LogP contribution in [0.25, 0.3) is 0 Å². The van der Waals surface area contributed by atoms with Gasteiger partial charge in [0.25, 0.3) is 0 Å². The Hall–Kier alpha value is -3.12. The number of nitrogens with one attached hydrogen (secondary N) is 1. The fraction of sp³-hybridized carbons (Fsp3) is 0.333. The van der Waals surface area contributed by atoms with E-state index in [-0.39, 0.29) is 12.6 Å². The van der Waals surface area contributed by atoms with E-state index in [2.05, 4.69) is 22.5 Å². The summed E-state index contributed by atoms with van der Waals surface area (Å²) in [6, 6.07) is 20.1. The van der Waals surface area contributed by atoms with Crippen molar-refractivity contribution in [3.63, 3.8) is 0 Å². The van der Waals surface area contributed by atoms with Crippen molar-refractivity contribution in [1.82, 2.24) is 20.0 Å². The van der Waals surface area contributed by atoms with Gasteiger partial charge < -0.3 is 15.3 Å². The molecule has 6 nitrogen and oxygen atoms in total. The van der Waals surface area contributed by atoms with Crippen molar-refractivity contribution in [2.75, 3.05) is 19.7 Å². The van der Waals surface area contributed by atoms with Crippen LogP contribution in [-0.2, 0) is 19.5 Å². The standard InChI is InChI=1S/C24H30N4O2/c1-19-23(20(2)28(26-19)18-22-11-7-4-8-12-22)17-25-24(30)27(15-16-29)14-13-21-9-5-3-6-10-21/h3-12,29H,13-18H2,1-2H3,(H,25,30). The number of aryl methyl sites for hydroxylation is 1. The van der Waals surface area contributed by atoms with Crippen molar-refractivity contribution in [2.45, 2.75) is 33.4 Å². The third-order valence-electron chi connectivity index (χ3n) is 5.29. The number of rotatable bonds is 9. The highest BCUT2D eigenvalue weighted by molar-refractivity contribution is 5.74. The molecular formula is C24H30N4O2. The second-order valence-electron chi connectivity index (χ2n) is 7.40. The van der Waals surface area contributed by atoms with Crippen LogP contribution in [0.3, 0.4) is 0 Å². The second-order valence-corrected chi connectivity index (χ2v) is 7.40. The van der Waals surface area contributed by atoms with Gasteiger partial charge in [0.15, 0.2) is 0 Å². The molecule has 2 aromatic carbocycles. The summed E-state index contributed by atoms with van der Waals surface area (Å²) in [7, 11) is 0. The quantitative estimate of drug-likeness (QED) is 0.573. The molecule has 2 N–H and O–H groups in total. The molecule has 0 radical (unpaired) electrons. The Bertz CT molecular complexity index is 939. The smallest absolute Gasteiger partial charge is 0.317 e. The lowest BCUT2D eigenvalue weighted by molar-refractivity contribution is 0.177. The average Bonchev–Trinajstić information content (AvgIpc) is 3.03. The molecule has 0 atom stereocenters. The van der Waals surface area contributed by atoms with Crippen molar-refractivity contribution in [1.29, 1.82) is 0 Å². The monoisotopic (exact) mass is 406 g/mol. The van der Waals surface area contributed by atoms with Crippen LogP contribution in [0.15, 0.2) is 60.7 Å². The Labute approximate surface area is 178 Å². The summed E-state index contributed by atoms with van der Waals surface area (Å²) in [6.07, 6.45) is 0.751. The molecule has 0 bridgehead atoms. The molecule has 0 aliphatic carbocycles. The lowest BCUT2D eigenvalue weighted by Gasteiger charge is -2.22. The Morgan fingerprint density at radius 1 is 1.00 bits per heavy atom. The number of aliphatic hydroxyl groups is 1. The van der Waals surface area contributed by atoms with Crippen molar-refractivity contribution >= 4 is 6.03 Å². The molecule has 3 rings (SSSR count). The summed E-state index contributed by atoms with van der Waals surface area (Å²) < 4.78 is 1.98. The molecule has 0 aliphatic heterocycles. The number of aliphatic hydroxyl groups excluding tert-OH is 1. The molecule has 0 unspecified atom stereocenters. The van der Waals surface area contributed by atoms with Gasteiger partial charge in [-0.15, -0.1) is 0 Å². The number of urea groups is 1. The summed E-state index contributed by atoms with van der Waals surface area (Å²) in [5, 5.41) is 17.0. The predicted octanol–water partition coefficient (Wildman–Crippen LogP) is 3.29. The summed E-state index contributed by atoms with van der Waals surface area (Å²) in [4.78, 5) is 14.4.